The maximum Gasteiger partial charge on any atom is 0.235 e. The van der Waals surface area contributed by atoms with Gasteiger partial charge in [0.05, 0.1) is 4.92 Å². The molecular formula is C32H34Cl2N4O4. The number of hydrogen-bond acceptors (Lipinski definition) is 6. The summed E-state index contributed by atoms with van der Waals surface area (Å²) in [6, 6.07) is 29.4. The van der Waals surface area contributed by atoms with Crippen molar-refractivity contribution in [1.82, 2.24) is 0 Å². The molecule has 4 aromatic rings. The molecule has 0 radical (unpaired) electrons. The summed E-state index contributed by atoms with van der Waals surface area (Å²) >= 11 is 11.5. The second-order valence-electron chi connectivity index (χ2n) is 9.06. The van der Waals surface area contributed by atoms with Gasteiger partial charge in [-0.3, -0.25) is 20.2 Å². The Morgan fingerprint density at radius 2 is 1.24 bits per heavy atom. The first kappa shape index (κ1) is 33.8. The van der Waals surface area contributed by atoms with Crippen LogP contribution in [-0.2, 0) is 12.8 Å². The highest BCUT2D eigenvalue weighted by molar-refractivity contribution is 6.30. The Balaban J connectivity index is 0.000000247. The van der Waals surface area contributed by atoms with Gasteiger partial charge in [-0.25, -0.2) is 0 Å². The zero-order valence-corrected chi connectivity index (χ0v) is 25.0. The van der Waals surface area contributed by atoms with E-state index >= 15 is 0 Å². The minimum Gasteiger partial charge on any atom is -0.399 e. The predicted molar refractivity (Wildman–Crippen MR) is 173 cm³/mol. The number of hydrogen-bond donors (Lipinski definition) is 2. The fourth-order valence-electron chi connectivity index (χ4n) is 3.59. The molecule has 3 N–H and O–H groups in total. The van der Waals surface area contributed by atoms with Gasteiger partial charge in [-0.15, -0.1) is 0 Å². The Kier molecular flexibility index (Phi) is 14.6. The summed E-state index contributed by atoms with van der Waals surface area (Å²) in [5, 5.41) is 25.3. The van der Waals surface area contributed by atoms with E-state index in [1.165, 1.54) is 17.2 Å². The van der Waals surface area contributed by atoms with Crippen LogP contribution in [0.5, 0.6) is 0 Å². The van der Waals surface area contributed by atoms with E-state index in [1.807, 2.05) is 48.5 Å². The third-order valence-corrected chi connectivity index (χ3v) is 6.46. The number of aryl methyl sites for hydroxylation is 2. The smallest absolute Gasteiger partial charge is 0.235 e. The number of nitrogens with zero attached hydrogens (tertiary/aromatic N) is 2. The summed E-state index contributed by atoms with van der Waals surface area (Å²) in [5.41, 5.74) is 11.4. The van der Waals surface area contributed by atoms with E-state index in [4.69, 9.17) is 28.9 Å². The van der Waals surface area contributed by atoms with Crippen molar-refractivity contribution >= 4 is 40.7 Å². The van der Waals surface area contributed by atoms with Gasteiger partial charge in [0.25, 0.3) is 0 Å². The molecule has 0 aromatic heterocycles. The molecule has 10 heteroatoms. The van der Waals surface area contributed by atoms with E-state index in [1.54, 1.807) is 36.4 Å². The van der Waals surface area contributed by atoms with Gasteiger partial charge in [0.15, 0.2) is 0 Å². The van der Waals surface area contributed by atoms with Gasteiger partial charge in [-0.1, -0.05) is 85.6 Å². The van der Waals surface area contributed by atoms with Gasteiger partial charge >= 0.3 is 0 Å². The van der Waals surface area contributed by atoms with E-state index in [0.717, 1.165) is 41.5 Å². The highest BCUT2D eigenvalue weighted by Crippen LogP contribution is 2.22. The summed E-state index contributed by atoms with van der Waals surface area (Å²) in [6.07, 6.45) is 4.36. The summed E-state index contributed by atoms with van der Waals surface area (Å²) < 4.78 is 0. The maximum absolute atomic E-state index is 10.9. The molecule has 0 spiro atoms. The molecule has 4 aromatic carbocycles. The molecule has 8 nitrogen and oxygen atoms in total. The first-order chi connectivity index (χ1) is 20.1. The second kappa shape index (κ2) is 18.1. The van der Waals surface area contributed by atoms with E-state index in [0.29, 0.717) is 10.0 Å². The standard InChI is InChI=1S/C16H17ClN2O2.C8H6ClNO2.C8H11N/c1-2-12-3-9-15(10-4-12)18-16(11-19(20)21)13-5-7-14(17)8-6-13;9-8-3-1-7(2-4-8)5-6-10(11)12;1-2-7-3-5-8(9)6-4-7/h3-10,16,18H,2,11H2,1H3;1-6H;3-6H,2,9H2,1H3/b;6-5+;. The summed E-state index contributed by atoms with van der Waals surface area (Å²) in [4.78, 5) is 20.0. The third kappa shape index (κ3) is 13.3. The number of benzene rings is 4. The predicted octanol–water partition coefficient (Wildman–Crippen LogP) is 8.75. The fourth-order valence-corrected chi connectivity index (χ4v) is 3.84. The number of rotatable bonds is 9. The van der Waals surface area contributed by atoms with Crippen molar-refractivity contribution < 1.29 is 9.85 Å². The summed E-state index contributed by atoms with van der Waals surface area (Å²) in [7, 11) is 0. The van der Waals surface area contributed by atoms with Crippen LogP contribution in [0.25, 0.3) is 6.08 Å². The molecule has 1 unspecified atom stereocenters. The van der Waals surface area contributed by atoms with Crippen molar-refractivity contribution in [2.24, 2.45) is 0 Å². The van der Waals surface area contributed by atoms with E-state index in [2.05, 4.69) is 31.3 Å². The Hall–Kier alpha value is -4.40. The van der Waals surface area contributed by atoms with Crippen molar-refractivity contribution in [3.63, 3.8) is 0 Å². The van der Waals surface area contributed by atoms with Crippen molar-refractivity contribution in [1.29, 1.82) is 0 Å². The van der Waals surface area contributed by atoms with Gasteiger partial charge in [0.2, 0.25) is 12.7 Å². The van der Waals surface area contributed by atoms with E-state index in [9.17, 15) is 20.2 Å². The zero-order chi connectivity index (χ0) is 30.9. The quantitative estimate of drug-likeness (QED) is 0.111. The number of nitrogen functional groups attached to an aromatic ring is 1. The molecule has 0 heterocycles. The number of nitrogens with one attached hydrogen (secondary N) is 1. The van der Waals surface area contributed by atoms with Crippen molar-refractivity contribution in [3.8, 4) is 0 Å². The van der Waals surface area contributed by atoms with Crippen LogP contribution in [0.15, 0.2) is 103 Å². The number of halogens is 2. The molecule has 42 heavy (non-hydrogen) atoms. The van der Waals surface area contributed by atoms with Gasteiger partial charge in [0.1, 0.15) is 6.04 Å². The molecule has 1 atom stereocenters. The Morgan fingerprint density at radius 3 is 1.69 bits per heavy atom. The lowest BCUT2D eigenvalue weighted by Gasteiger charge is -2.17. The number of nitrogens with two attached hydrogens (primary N) is 1. The number of anilines is 2. The normalized spacial score (nSPS) is 11.0. The third-order valence-electron chi connectivity index (χ3n) is 5.95. The van der Waals surface area contributed by atoms with Crippen molar-refractivity contribution in [2.75, 3.05) is 17.6 Å². The first-order valence-electron chi connectivity index (χ1n) is 13.2. The molecule has 220 valence electrons. The van der Waals surface area contributed by atoms with Gasteiger partial charge in [-0.05, 0) is 83.6 Å². The van der Waals surface area contributed by atoms with Crippen LogP contribution in [0, 0.1) is 20.2 Å². The largest absolute Gasteiger partial charge is 0.399 e. The topological polar surface area (TPSA) is 124 Å². The number of nitro groups is 2. The molecule has 4 rings (SSSR count). The Morgan fingerprint density at radius 1 is 0.762 bits per heavy atom. The zero-order valence-electron chi connectivity index (χ0n) is 23.5. The second-order valence-corrected chi connectivity index (χ2v) is 9.93. The summed E-state index contributed by atoms with van der Waals surface area (Å²) in [6.45, 7) is 4.04. The van der Waals surface area contributed by atoms with Crippen molar-refractivity contribution in [3.05, 3.63) is 156 Å². The highest BCUT2D eigenvalue weighted by atomic mass is 35.5. The highest BCUT2D eigenvalue weighted by Gasteiger charge is 2.17. The van der Waals surface area contributed by atoms with E-state index in [-0.39, 0.29) is 17.5 Å². The average molecular weight is 610 g/mol. The SMILES string of the molecule is CCc1ccc(N)cc1.CCc1ccc(NC(C[N+](=O)[O-])c2ccc(Cl)cc2)cc1.O=[N+]([O-])/C=C/c1ccc(Cl)cc1. The Labute approximate surface area is 256 Å². The molecule has 0 amide bonds. The molecule has 0 saturated carbocycles. The average Bonchev–Trinajstić information content (AvgIpc) is 2.98. The minimum absolute atomic E-state index is 0.183. The monoisotopic (exact) mass is 608 g/mol. The lowest BCUT2D eigenvalue weighted by atomic mass is 10.1. The molecule has 0 aliphatic heterocycles. The van der Waals surface area contributed by atoms with Crippen LogP contribution in [0.2, 0.25) is 10.0 Å². The van der Waals surface area contributed by atoms with Crippen LogP contribution < -0.4 is 11.1 Å². The lowest BCUT2D eigenvalue weighted by molar-refractivity contribution is -0.482. The first-order valence-corrected chi connectivity index (χ1v) is 14.0. The minimum atomic E-state index is -0.505. The molecule has 0 fully saturated rings. The Bertz CT molecular complexity index is 1410. The molecule has 0 aliphatic carbocycles. The van der Waals surface area contributed by atoms with Crippen LogP contribution in [0.3, 0.4) is 0 Å². The molecule has 0 aliphatic rings. The molecular weight excluding hydrogens is 575 g/mol. The molecule has 0 saturated heterocycles. The summed E-state index contributed by atoms with van der Waals surface area (Å²) in [5.74, 6) is 0. The van der Waals surface area contributed by atoms with Crippen LogP contribution in [-0.4, -0.2) is 16.4 Å². The van der Waals surface area contributed by atoms with Gasteiger partial charge in [0, 0.05) is 32.4 Å². The maximum atomic E-state index is 10.9. The lowest BCUT2D eigenvalue weighted by Crippen LogP contribution is -2.20. The van der Waals surface area contributed by atoms with Crippen LogP contribution in [0.4, 0.5) is 11.4 Å². The van der Waals surface area contributed by atoms with Crippen LogP contribution in [0.1, 0.15) is 42.1 Å². The van der Waals surface area contributed by atoms with E-state index < -0.39 is 4.92 Å². The van der Waals surface area contributed by atoms with Gasteiger partial charge in [-0.2, -0.15) is 0 Å². The van der Waals surface area contributed by atoms with Crippen molar-refractivity contribution in [2.45, 2.75) is 32.7 Å². The molecule has 0 bridgehead atoms. The fraction of sp³-hybridized carbons (Fsp3) is 0.188. The van der Waals surface area contributed by atoms with Gasteiger partial charge < -0.3 is 11.1 Å². The van der Waals surface area contributed by atoms with Crippen LogP contribution >= 0.6 is 23.2 Å².